The maximum atomic E-state index is 12.8. The van der Waals surface area contributed by atoms with Crippen molar-refractivity contribution in [3.8, 4) is 0 Å². The Hall–Kier alpha value is -3.91. The Morgan fingerprint density at radius 2 is 1.66 bits per heavy atom. The van der Waals surface area contributed by atoms with Gasteiger partial charge in [0.25, 0.3) is 11.8 Å². The predicted octanol–water partition coefficient (Wildman–Crippen LogP) is 2.97. The fourth-order valence-electron chi connectivity index (χ4n) is 4.33. The van der Waals surface area contributed by atoms with Crippen molar-refractivity contribution in [3.05, 3.63) is 78.3 Å². The van der Waals surface area contributed by atoms with Gasteiger partial charge in [0.05, 0.1) is 28.9 Å². The first kappa shape index (κ1) is 20.0. The number of anilines is 3. The van der Waals surface area contributed by atoms with Crippen LogP contribution in [0.2, 0.25) is 0 Å². The highest BCUT2D eigenvalue weighted by Gasteiger charge is 2.35. The third-order valence-electron chi connectivity index (χ3n) is 5.91. The molecule has 2 aliphatic heterocycles. The van der Waals surface area contributed by atoms with Crippen molar-refractivity contribution in [2.45, 2.75) is 6.17 Å². The molecule has 8 nitrogen and oxygen atoms in total. The fourth-order valence-corrected chi connectivity index (χ4v) is 4.33. The number of rotatable bonds is 4. The predicted molar refractivity (Wildman–Crippen MR) is 119 cm³/mol. The van der Waals surface area contributed by atoms with E-state index in [2.05, 4.69) is 5.32 Å². The molecule has 3 heterocycles. The molecule has 1 saturated heterocycles. The molecule has 5 rings (SSSR count). The number of piperazine rings is 1. The zero-order chi connectivity index (χ0) is 22.1. The summed E-state index contributed by atoms with van der Waals surface area (Å²) in [6.07, 6.45) is 1.74. The van der Waals surface area contributed by atoms with E-state index in [1.54, 1.807) is 23.1 Å². The van der Waals surface area contributed by atoms with E-state index in [-0.39, 0.29) is 11.8 Å². The number of carbonyl (C=O) groups excluding carboxylic acids is 3. The minimum Gasteiger partial charge on any atom is -0.459 e. The van der Waals surface area contributed by atoms with Crippen molar-refractivity contribution < 1.29 is 18.8 Å². The Morgan fingerprint density at radius 3 is 2.38 bits per heavy atom. The van der Waals surface area contributed by atoms with Gasteiger partial charge in [0, 0.05) is 26.2 Å². The highest BCUT2D eigenvalue weighted by molar-refractivity contribution is 6.12. The number of hydrogen-bond donors (Lipinski definition) is 1. The third-order valence-corrected chi connectivity index (χ3v) is 5.91. The summed E-state index contributed by atoms with van der Waals surface area (Å²) in [5, 5.41) is 2.95. The van der Waals surface area contributed by atoms with Gasteiger partial charge in [-0.05, 0) is 36.4 Å². The standard InChI is InChI=1S/C24H22N4O4/c29-16-22(26-11-13-27(14-12-26)24(31)21-10-5-15-32-21)28-19-8-3-1-6-17(19)23(30)25-18-7-2-4-9-20(18)28/h1-10,15-16,22H,11-14H2,(H,25,30). The zero-order valence-corrected chi connectivity index (χ0v) is 17.3. The maximum absolute atomic E-state index is 12.8. The molecule has 0 spiro atoms. The van der Waals surface area contributed by atoms with Crippen LogP contribution in [0.1, 0.15) is 20.9 Å². The first-order chi connectivity index (χ1) is 15.7. The number of hydrogen-bond acceptors (Lipinski definition) is 6. The van der Waals surface area contributed by atoms with Gasteiger partial charge in [-0.15, -0.1) is 0 Å². The Balaban J connectivity index is 1.46. The number of aldehydes is 1. The summed E-state index contributed by atoms with van der Waals surface area (Å²) in [6, 6.07) is 18.1. The normalized spacial score (nSPS) is 17.1. The Labute approximate surface area is 185 Å². The van der Waals surface area contributed by atoms with E-state index in [1.807, 2.05) is 52.3 Å². The topological polar surface area (TPSA) is 86.1 Å². The molecule has 3 aromatic rings. The summed E-state index contributed by atoms with van der Waals surface area (Å²) in [5.74, 6) is -0.0584. The van der Waals surface area contributed by atoms with Gasteiger partial charge >= 0.3 is 0 Å². The zero-order valence-electron chi connectivity index (χ0n) is 17.3. The highest BCUT2D eigenvalue weighted by Crippen LogP contribution is 2.39. The molecule has 2 aromatic carbocycles. The monoisotopic (exact) mass is 430 g/mol. The summed E-state index contributed by atoms with van der Waals surface area (Å²) in [4.78, 5) is 43.5. The van der Waals surface area contributed by atoms with E-state index in [0.717, 1.165) is 12.0 Å². The molecule has 0 bridgehead atoms. The lowest BCUT2D eigenvalue weighted by atomic mass is 10.1. The average Bonchev–Trinajstić information content (AvgIpc) is 3.34. The van der Waals surface area contributed by atoms with Crippen molar-refractivity contribution in [3.63, 3.8) is 0 Å². The van der Waals surface area contributed by atoms with E-state index in [4.69, 9.17) is 4.42 Å². The van der Waals surface area contributed by atoms with Crippen LogP contribution in [0.5, 0.6) is 0 Å². The molecule has 1 unspecified atom stereocenters. The number of para-hydroxylation sites is 3. The van der Waals surface area contributed by atoms with Crippen LogP contribution >= 0.6 is 0 Å². The third kappa shape index (κ3) is 3.44. The van der Waals surface area contributed by atoms with Crippen LogP contribution in [-0.4, -0.2) is 60.2 Å². The Kier molecular flexibility index (Phi) is 5.20. The molecule has 1 atom stereocenters. The molecule has 162 valence electrons. The largest absolute Gasteiger partial charge is 0.459 e. The summed E-state index contributed by atoms with van der Waals surface area (Å²) in [6.45, 7) is 1.96. The second-order valence-electron chi connectivity index (χ2n) is 7.71. The molecule has 1 fully saturated rings. The number of furan rings is 1. The first-order valence-electron chi connectivity index (χ1n) is 10.5. The number of nitrogens with one attached hydrogen (secondary N) is 1. The SMILES string of the molecule is O=CC(N1CCN(C(=O)c2ccco2)CC1)N1c2ccccc2NC(=O)c2ccccc21. The second-order valence-corrected chi connectivity index (χ2v) is 7.71. The minimum atomic E-state index is -0.633. The maximum Gasteiger partial charge on any atom is 0.289 e. The van der Waals surface area contributed by atoms with E-state index in [1.165, 1.54) is 6.26 Å². The van der Waals surface area contributed by atoms with E-state index < -0.39 is 6.17 Å². The molecule has 1 N–H and O–H groups in total. The molecular weight excluding hydrogens is 408 g/mol. The van der Waals surface area contributed by atoms with Crippen LogP contribution in [0.15, 0.2) is 71.3 Å². The number of fused-ring (bicyclic) bond motifs is 2. The van der Waals surface area contributed by atoms with Crippen molar-refractivity contribution in [1.82, 2.24) is 9.80 Å². The first-order valence-corrected chi connectivity index (χ1v) is 10.5. The second kappa shape index (κ2) is 8.32. The van der Waals surface area contributed by atoms with Gasteiger partial charge in [-0.25, -0.2) is 0 Å². The number of nitrogens with zero attached hydrogens (tertiary/aromatic N) is 3. The van der Waals surface area contributed by atoms with Crippen LogP contribution in [0.3, 0.4) is 0 Å². The van der Waals surface area contributed by atoms with Crippen molar-refractivity contribution in [2.75, 3.05) is 36.4 Å². The van der Waals surface area contributed by atoms with Gasteiger partial charge in [-0.2, -0.15) is 0 Å². The van der Waals surface area contributed by atoms with Crippen LogP contribution < -0.4 is 10.2 Å². The minimum absolute atomic E-state index is 0.155. The van der Waals surface area contributed by atoms with Gasteiger partial charge < -0.3 is 19.5 Å². The van der Waals surface area contributed by atoms with Crippen LogP contribution in [-0.2, 0) is 4.79 Å². The van der Waals surface area contributed by atoms with Gasteiger partial charge in [0.2, 0.25) is 0 Å². The van der Waals surface area contributed by atoms with Gasteiger partial charge in [-0.3, -0.25) is 19.3 Å². The number of benzene rings is 2. The Morgan fingerprint density at radius 1 is 0.938 bits per heavy atom. The lowest BCUT2D eigenvalue weighted by molar-refractivity contribution is -0.112. The fraction of sp³-hybridized carbons (Fsp3) is 0.208. The molecule has 8 heteroatoms. The molecule has 0 saturated carbocycles. The van der Waals surface area contributed by atoms with Gasteiger partial charge in [0.15, 0.2) is 12.0 Å². The van der Waals surface area contributed by atoms with Crippen molar-refractivity contribution >= 4 is 35.2 Å². The molecular formula is C24H22N4O4. The lowest BCUT2D eigenvalue weighted by Gasteiger charge is -2.42. The van der Waals surface area contributed by atoms with Crippen molar-refractivity contribution in [1.29, 1.82) is 0 Å². The van der Waals surface area contributed by atoms with Crippen LogP contribution in [0, 0.1) is 0 Å². The van der Waals surface area contributed by atoms with Gasteiger partial charge in [-0.1, -0.05) is 24.3 Å². The van der Waals surface area contributed by atoms with E-state index in [0.29, 0.717) is 48.9 Å². The summed E-state index contributed by atoms with van der Waals surface area (Å²) in [7, 11) is 0. The van der Waals surface area contributed by atoms with Crippen molar-refractivity contribution in [2.24, 2.45) is 0 Å². The molecule has 0 aliphatic carbocycles. The molecule has 1 aromatic heterocycles. The summed E-state index contributed by atoms with van der Waals surface area (Å²) in [5.41, 5.74) is 2.56. The lowest BCUT2D eigenvalue weighted by Crippen LogP contribution is -2.56. The molecule has 2 amide bonds. The summed E-state index contributed by atoms with van der Waals surface area (Å²) >= 11 is 0. The number of carbonyl (C=O) groups is 3. The average molecular weight is 430 g/mol. The summed E-state index contributed by atoms with van der Waals surface area (Å²) < 4.78 is 5.23. The van der Waals surface area contributed by atoms with Gasteiger partial charge in [0.1, 0.15) is 6.17 Å². The van der Waals surface area contributed by atoms with E-state index in [9.17, 15) is 14.4 Å². The van der Waals surface area contributed by atoms with E-state index >= 15 is 0 Å². The molecule has 0 radical (unpaired) electrons. The quantitative estimate of drug-likeness (QED) is 0.641. The molecule has 2 aliphatic rings. The smallest absolute Gasteiger partial charge is 0.289 e. The number of amides is 2. The Bertz CT molecular complexity index is 1150. The van der Waals surface area contributed by atoms with Crippen LogP contribution in [0.25, 0.3) is 0 Å². The highest BCUT2D eigenvalue weighted by atomic mass is 16.3. The van der Waals surface area contributed by atoms with Crippen LogP contribution in [0.4, 0.5) is 17.1 Å². The molecule has 32 heavy (non-hydrogen) atoms.